The second-order valence-electron chi connectivity index (χ2n) is 1.58. The minimum Gasteiger partial charge on any atom is -0.362 e. The average Bonchev–Trinajstić information content (AvgIpc) is 2.08. The molecule has 0 aliphatic rings. The first kappa shape index (κ1) is 6.41. The molecule has 1 aromatic rings. The number of hydrogen-bond donors (Lipinski definition) is 1. The largest absolute Gasteiger partial charge is 0.670 e. The van der Waals surface area contributed by atoms with Crippen LogP contribution in [0.5, 0.6) is 0 Å². The van der Waals surface area contributed by atoms with Crippen LogP contribution in [0, 0.1) is 0 Å². The van der Waals surface area contributed by atoms with Crippen LogP contribution in [0.4, 0.5) is 12.3 Å². The van der Waals surface area contributed by atoms with Gasteiger partial charge >= 0.3 is 9.08 Å². The molecule has 1 heterocycles. The number of aromatic nitrogens is 1. The van der Waals surface area contributed by atoms with E-state index in [1.54, 1.807) is 0 Å². The molecule has 0 amide bonds. The number of hydrogen-bond acceptors (Lipinski definition) is 0. The second kappa shape index (κ2) is 1.91. The van der Waals surface area contributed by atoms with Gasteiger partial charge < -0.3 is 4.98 Å². The highest BCUT2D eigenvalue weighted by Crippen LogP contribution is 2.05. The Labute approximate surface area is 51.0 Å². The van der Waals surface area contributed by atoms with Gasteiger partial charge in [0.05, 0.1) is 5.32 Å². The molecule has 0 aliphatic heterocycles. The minimum atomic E-state index is -5.54. The van der Waals surface area contributed by atoms with Gasteiger partial charge in [-0.1, -0.05) is 0 Å². The summed E-state index contributed by atoms with van der Waals surface area (Å²) in [6, 6.07) is 2.39. The highest BCUT2D eigenvalue weighted by molar-refractivity contribution is 6.72. The van der Waals surface area contributed by atoms with Gasteiger partial charge in [-0.2, -0.15) is 0 Å². The number of halogens is 3. The summed E-state index contributed by atoms with van der Waals surface area (Å²) in [4.78, 5) is 2.11. The summed E-state index contributed by atoms with van der Waals surface area (Å²) in [5.41, 5.74) is 0. The zero-order chi connectivity index (χ0) is 6.91. The van der Waals surface area contributed by atoms with E-state index in [0.717, 1.165) is 6.07 Å². The zero-order valence-electron chi connectivity index (χ0n) is 4.37. The minimum absolute atomic E-state index is 0.567. The van der Waals surface area contributed by atoms with Gasteiger partial charge in [0.2, 0.25) is 0 Å². The number of rotatable bonds is 1. The summed E-state index contributed by atoms with van der Waals surface area (Å²) in [6.07, 6.45) is 1.27. The Hall–Kier alpha value is -0.713. The molecule has 0 fully saturated rings. The molecule has 5 heteroatoms. The number of H-pyrrole nitrogens is 1. The van der Waals surface area contributed by atoms with Gasteiger partial charge in [-0.3, -0.25) is 0 Å². The van der Waals surface area contributed by atoms with Crippen molar-refractivity contribution < 1.29 is 12.3 Å². The van der Waals surface area contributed by atoms with Gasteiger partial charge in [-0.05, 0) is 12.1 Å². The number of nitrogens with one attached hydrogen (secondary N) is 1. The fourth-order valence-corrected chi connectivity index (χ4v) is 1.04. The smallest absolute Gasteiger partial charge is 0.362 e. The van der Waals surface area contributed by atoms with Gasteiger partial charge in [-0.25, -0.2) is 12.3 Å². The Balaban J connectivity index is 2.90. The maximum absolute atomic E-state index is 11.7. The van der Waals surface area contributed by atoms with E-state index in [9.17, 15) is 12.3 Å². The molecule has 0 spiro atoms. The van der Waals surface area contributed by atoms with Crippen LogP contribution in [0.2, 0.25) is 0 Å². The molecule has 1 aromatic heterocycles. The van der Waals surface area contributed by atoms with Crippen LogP contribution in [0.3, 0.4) is 0 Å². The molecule has 1 N–H and O–H groups in total. The highest BCUT2D eigenvalue weighted by atomic mass is 28.5. The van der Waals surface area contributed by atoms with Crippen molar-refractivity contribution in [1.82, 2.24) is 4.98 Å². The summed E-state index contributed by atoms with van der Waals surface area (Å²) in [5.74, 6) is 0. The third kappa shape index (κ3) is 1.35. The normalized spacial score (nSPS) is 11.9. The maximum Gasteiger partial charge on any atom is 0.670 e. The fraction of sp³-hybridized carbons (Fsp3) is 0. The zero-order valence-corrected chi connectivity index (χ0v) is 5.37. The van der Waals surface area contributed by atoms with Crippen LogP contribution in [0.25, 0.3) is 0 Å². The van der Waals surface area contributed by atoms with Crippen molar-refractivity contribution in [3.8, 4) is 0 Å². The van der Waals surface area contributed by atoms with Gasteiger partial charge in [0.15, 0.2) is 0 Å². The standard InChI is InChI=1S/C4H4F3NSi/c5-9(6,7)4-2-1-3-8-4/h1-3,8H. The Morgan fingerprint density at radius 2 is 2.00 bits per heavy atom. The van der Waals surface area contributed by atoms with Gasteiger partial charge in [0, 0.05) is 6.20 Å². The SMILES string of the molecule is F[Si](F)(F)c1ccc[nH]1. The van der Waals surface area contributed by atoms with Gasteiger partial charge in [-0.15, -0.1) is 0 Å². The van der Waals surface area contributed by atoms with Crippen molar-refractivity contribution in [2.45, 2.75) is 0 Å². The summed E-state index contributed by atoms with van der Waals surface area (Å²) in [6.45, 7) is 0. The third-order valence-corrected chi connectivity index (χ3v) is 1.83. The molecule has 50 valence electrons. The monoisotopic (exact) mass is 151 g/mol. The van der Waals surface area contributed by atoms with Crippen LogP contribution in [0.1, 0.15) is 0 Å². The molecule has 0 aliphatic carbocycles. The van der Waals surface area contributed by atoms with E-state index in [1.165, 1.54) is 12.3 Å². The molecule has 1 rings (SSSR count). The molecule has 0 atom stereocenters. The van der Waals surface area contributed by atoms with E-state index in [2.05, 4.69) is 4.98 Å². The lowest BCUT2D eigenvalue weighted by molar-refractivity contribution is 0.499. The van der Waals surface area contributed by atoms with Crippen LogP contribution in [0.15, 0.2) is 18.3 Å². The Morgan fingerprint density at radius 3 is 2.22 bits per heavy atom. The lowest BCUT2D eigenvalue weighted by Gasteiger charge is -1.95. The first-order valence-electron chi connectivity index (χ1n) is 2.31. The van der Waals surface area contributed by atoms with Crippen molar-refractivity contribution in [3.05, 3.63) is 18.3 Å². The predicted octanol–water partition coefficient (Wildman–Crippen LogP) is 1.07. The maximum atomic E-state index is 11.7. The highest BCUT2D eigenvalue weighted by Gasteiger charge is 2.40. The van der Waals surface area contributed by atoms with E-state index in [1.807, 2.05) is 0 Å². The van der Waals surface area contributed by atoms with E-state index in [-0.39, 0.29) is 0 Å². The molecule has 1 nitrogen and oxygen atoms in total. The lowest BCUT2D eigenvalue weighted by Crippen LogP contribution is -2.34. The number of aromatic amines is 1. The molecular weight excluding hydrogens is 147 g/mol. The third-order valence-electron chi connectivity index (χ3n) is 0.903. The van der Waals surface area contributed by atoms with Crippen molar-refractivity contribution in [1.29, 1.82) is 0 Å². The summed E-state index contributed by atoms with van der Waals surface area (Å²) < 4.78 is 35.2. The van der Waals surface area contributed by atoms with E-state index in [4.69, 9.17) is 0 Å². The van der Waals surface area contributed by atoms with E-state index in [0.29, 0.717) is 0 Å². The summed E-state index contributed by atoms with van der Waals surface area (Å²) in [7, 11) is -5.54. The van der Waals surface area contributed by atoms with Crippen molar-refractivity contribution >= 4 is 14.4 Å². The topological polar surface area (TPSA) is 15.8 Å². The Bertz CT molecular complexity index is 178. The lowest BCUT2D eigenvalue weighted by atomic mass is 10.7. The van der Waals surface area contributed by atoms with E-state index >= 15 is 0 Å². The molecule has 0 bridgehead atoms. The first-order valence-corrected chi connectivity index (χ1v) is 3.94. The molecule has 0 radical (unpaired) electrons. The summed E-state index contributed by atoms with van der Waals surface area (Å²) in [5, 5.41) is -0.567. The van der Waals surface area contributed by atoms with Gasteiger partial charge in [0.1, 0.15) is 0 Å². The average molecular weight is 151 g/mol. The van der Waals surface area contributed by atoms with Crippen molar-refractivity contribution in [3.63, 3.8) is 0 Å². The molecule has 0 aromatic carbocycles. The Kier molecular flexibility index (Phi) is 1.36. The molecule has 0 saturated heterocycles. The van der Waals surface area contributed by atoms with Crippen LogP contribution in [-0.2, 0) is 0 Å². The quantitative estimate of drug-likeness (QED) is 0.456. The second-order valence-corrected chi connectivity index (χ2v) is 3.12. The molecule has 9 heavy (non-hydrogen) atoms. The molecular formula is C4H4F3NSi. The Morgan fingerprint density at radius 1 is 1.33 bits per heavy atom. The van der Waals surface area contributed by atoms with Gasteiger partial charge in [0.25, 0.3) is 0 Å². The van der Waals surface area contributed by atoms with E-state index < -0.39 is 14.4 Å². The van der Waals surface area contributed by atoms with Crippen molar-refractivity contribution in [2.75, 3.05) is 0 Å². The summed E-state index contributed by atoms with van der Waals surface area (Å²) >= 11 is 0. The molecule has 0 saturated carbocycles. The predicted molar refractivity (Wildman–Crippen MR) is 29.5 cm³/mol. The van der Waals surface area contributed by atoms with Crippen LogP contribution >= 0.6 is 0 Å². The van der Waals surface area contributed by atoms with Crippen LogP contribution in [-0.4, -0.2) is 14.1 Å². The first-order chi connectivity index (χ1) is 4.11. The van der Waals surface area contributed by atoms with Crippen molar-refractivity contribution in [2.24, 2.45) is 0 Å². The fourth-order valence-electron chi connectivity index (χ4n) is 0.507. The molecule has 0 unspecified atom stereocenters. The van der Waals surface area contributed by atoms with Crippen LogP contribution < -0.4 is 5.32 Å².